The maximum Gasteiger partial charge on any atom is 0.594 e. The second-order valence-electron chi connectivity index (χ2n) is 10.00. The summed E-state index contributed by atoms with van der Waals surface area (Å²) in [6, 6.07) is 7.81. The molecule has 2 unspecified atom stereocenters. The maximum atomic E-state index is 6.41. The summed E-state index contributed by atoms with van der Waals surface area (Å²) in [6.07, 6.45) is 5.03. The number of para-hydroxylation sites is 2. The van der Waals surface area contributed by atoms with Gasteiger partial charge in [0.25, 0.3) is 0 Å². The highest BCUT2D eigenvalue weighted by atomic mass is 16.6. The van der Waals surface area contributed by atoms with Crippen LogP contribution in [-0.4, -0.2) is 44.8 Å². The second-order valence-corrected chi connectivity index (χ2v) is 10.00. The van der Waals surface area contributed by atoms with Gasteiger partial charge in [0, 0.05) is 19.3 Å². The number of fused-ring (bicyclic) bond motifs is 1. The number of benzene rings is 1. The topological polar surface area (TPSA) is 55.4 Å². The van der Waals surface area contributed by atoms with E-state index in [9.17, 15) is 0 Å². The van der Waals surface area contributed by atoms with Crippen molar-refractivity contribution < 1.29 is 27.9 Å². The predicted molar refractivity (Wildman–Crippen MR) is 119 cm³/mol. The number of hydrogen-bond acceptors (Lipinski definition) is 6. The summed E-state index contributed by atoms with van der Waals surface area (Å²) in [6.45, 7) is 11.3. The van der Waals surface area contributed by atoms with E-state index in [0.717, 1.165) is 49.8 Å². The smallest absolute Gasteiger partial charge is 0.523 e. The van der Waals surface area contributed by atoms with E-state index >= 15 is 0 Å². The van der Waals surface area contributed by atoms with Gasteiger partial charge in [0.1, 0.15) is 11.5 Å². The van der Waals surface area contributed by atoms with E-state index in [4.69, 9.17) is 27.9 Å². The minimum atomic E-state index is -0.248. The molecule has 1 aromatic rings. The van der Waals surface area contributed by atoms with Crippen molar-refractivity contribution in [2.45, 2.75) is 89.6 Å². The minimum absolute atomic E-state index is 0.186. The molecule has 4 rings (SSSR count). The van der Waals surface area contributed by atoms with Crippen molar-refractivity contribution in [1.29, 1.82) is 0 Å². The number of hydrogen-bond donors (Lipinski definition) is 0. The molecule has 30 heavy (non-hydrogen) atoms. The van der Waals surface area contributed by atoms with Crippen molar-refractivity contribution >= 4 is 21.4 Å². The first-order valence-electron chi connectivity index (χ1n) is 11.2. The molecular formula is C21H33B3O6. The monoisotopic (exact) mass is 414 g/mol. The van der Waals surface area contributed by atoms with Crippen molar-refractivity contribution in [3.8, 4) is 11.5 Å². The van der Waals surface area contributed by atoms with E-state index < -0.39 is 0 Å². The summed E-state index contributed by atoms with van der Waals surface area (Å²) in [5.41, 5.74) is -0.665. The standard InChI is InChI=1S/C21H33B3O6/c1-19(2)16-21(4,29-22(5)28-19)11-13-23-25-15-12-20(3,30-23)10-14-24-26-17-8-6-7-9-18(17)27-24/h6-9H,10-16H2,1-5H3. The van der Waals surface area contributed by atoms with E-state index in [2.05, 4.69) is 27.7 Å². The zero-order chi connectivity index (χ0) is 21.4. The van der Waals surface area contributed by atoms with Crippen LogP contribution in [0, 0.1) is 0 Å². The minimum Gasteiger partial charge on any atom is -0.523 e. The zero-order valence-electron chi connectivity index (χ0n) is 18.9. The van der Waals surface area contributed by atoms with E-state index in [1.807, 2.05) is 31.1 Å². The SMILES string of the molecule is CB1OC(C)(C)CC(C)(CCB2OCCC(C)(CCB3Oc4ccccc4O3)O2)O1. The Morgan fingerprint density at radius 2 is 1.47 bits per heavy atom. The fourth-order valence-corrected chi connectivity index (χ4v) is 5.06. The Bertz CT molecular complexity index is 724. The van der Waals surface area contributed by atoms with Gasteiger partial charge in [0.15, 0.2) is 0 Å². The molecule has 0 radical (unpaired) electrons. The highest BCUT2D eigenvalue weighted by Crippen LogP contribution is 2.39. The normalized spacial score (nSPS) is 30.6. The number of rotatable bonds is 6. The first kappa shape index (κ1) is 22.1. The highest BCUT2D eigenvalue weighted by molar-refractivity contribution is 6.47. The van der Waals surface area contributed by atoms with Gasteiger partial charge in [-0.25, -0.2) is 0 Å². The van der Waals surface area contributed by atoms with Crippen molar-refractivity contribution in [3.63, 3.8) is 0 Å². The molecule has 9 heteroatoms. The van der Waals surface area contributed by atoms with E-state index in [-0.39, 0.29) is 38.2 Å². The Morgan fingerprint density at radius 1 is 0.833 bits per heavy atom. The van der Waals surface area contributed by atoms with Gasteiger partial charge in [-0.3, -0.25) is 0 Å². The Morgan fingerprint density at radius 3 is 2.13 bits per heavy atom. The molecule has 0 saturated carbocycles. The van der Waals surface area contributed by atoms with Crippen LogP contribution in [0.5, 0.6) is 11.5 Å². The molecule has 6 nitrogen and oxygen atoms in total. The third-order valence-electron chi connectivity index (χ3n) is 6.27. The van der Waals surface area contributed by atoms with Crippen molar-refractivity contribution in [2.24, 2.45) is 0 Å². The van der Waals surface area contributed by atoms with Crippen LogP contribution in [0.25, 0.3) is 0 Å². The Hall–Kier alpha value is -1.15. The third kappa shape index (κ3) is 5.36. The quantitative estimate of drug-likeness (QED) is 0.640. The zero-order valence-corrected chi connectivity index (χ0v) is 18.9. The molecule has 3 aliphatic rings. The van der Waals surface area contributed by atoms with E-state index in [1.165, 1.54) is 0 Å². The molecule has 0 amide bonds. The summed E-state index contributed by atoms with van der Waals surface area (Å²) < 4.78 is 36.2. The summed E-state index contributed by atoms with van der Waals surface area (Å²) in [5.74, 6) is 1.64. The van der Waals surface area contributed by atoms with Gasteiger partial charge in [0.2, 0.25) is 0 Å². The molecule has 0 spiro atoms. The van der Waals surface area contributed by atoms with Gasteiger partial charge in [-0.15, -0.1) is 0 Å². The maximum absolute atomic E-state index is 6.41. The molecule has 3 heterocycles. The lowest BCUT2D eigenvalue weighted by atomic mass is 9.70. The lowest BCUT2D eigenvalue weighted by molar-refractivity contribution is -0.0871. The van der Waals surface area contributed by atoms with Gasteiger partial charge in [-0.1, -0.05) is 12.1 Å². The largest absolute Gasteiger partial charge is 0.594 e. The summed E-state index contributed by atoms with van der Waals surface area (Å²) in [4.78, 5) is 0. The van der Waals surface area contributed by atoms with Crippen LogP contribution in [0.1, 0.15) is 53.4 Å². The lowest BCUT2D eigenvalue weighted by Crippen LogP contribution is -2.52. The Balaban J connectivity index is 1.27. The van der Waals surface area contributed by atoms with Gasteiger partial charge in [0.05, 0.1) is 16.8 Å². The molecule has 0 N–H and O–H groups in total. The fraction of sp³-hybridized carbons (Fsp3) is 0.714. The molecular weight excluding hydrogens is 381 g/mol. The second kappa shape index (κ2) is 8.42. The molecule has 1 aromatic carbocycles. The van der Waals surface area contributed by atoms with E-state index in [0.29, 0.717) is 6.61 Å². The van der Waals surface area contributed by atoms with E-state index in [1.54, 1.807) is 0 Å². The Kier molecular flexibility index (Phi) is 6.19. The fourth-order valence-electron chi connectivity index (χ4n) is 5.06. The van der Waals surface area contributed by atoms with Crippen molar-refractivity contribution in [1.82, 2.24) is 0 Å². The van der Waals surface area contributed by atoms with Crippen LogP contribution in [0.4, 0.5) is 0 Å². The van der Waals surface area contributed by atoms with Crippen LogP contribution in [0.2, 0.25) is 19.5 Å². The van der Waals surface area contributed by atoms with Gasteiger partial charge >= 0.3 is 21.4 Å². The van der Waals surface area contributed by atoms with Crippen LogP contribution in [0.3, 0.4) is 0 Å². The van der Waals surface area contributed by atoms with Crippen LogP contribution in [-0.2, 0) is 18.6 Å². The Labute approximate surface area is 181 Å². The molecule has 2 fully saturated rings. The highest BCUT2D eigenvalue weighted by Gasteiger charge is 2.45. The van der Waals surface area contributed by atoms with Gasteiger partial charge in [-0.05, 0) is 72.2 Å². The average Bonchev–Trinajstić information content (AvgIpc) is 3.06. The first-order valence-corrected chi connectivity index (χ1v) is 11.2. The molecule has 0 bridgehead atoms. The predicted octanol–water partition coefficient (Wildman–Crippen LogP) is 4.50. The van der Waals surface area contributed by atoms with Crippen LogP contribution in [0.15, 0.2) is 24.3 Å². The summed E-state index contributed by atoms with van der Waals surface area (Å²) in [7, 11) is -0.664. The summed E-state index contributed by atoms with van der Waals surface area (Å²) >= 11 is 0. The molecule has 2 atom stereocenters. The summed E-state index contributed by atoms with van der Waals surface area (Å²) in [5, 5.41) is 0. The van der Waals surface area contributed by atoms with Crippen LogP contribution < -0.4 is 9.31 Å². The molecule has 3 aliphatic heterocycles. The molecule has 0 aromatic heterocycles. The van der Waals surface area contributed by atoms with Crippen molar-refractivity contribution in [3.05, 3.63) is 24.3 Å². The average molecular weight is 414 g/mol. The third-order valence-corrected chi connectivity index (χ3v) is 6.27. The first-order chi connectivity index (χ1) is 14.1. The van der Waals surface area contributed by atoms with Gasteiger partial charge < -0.3 is 27.9 Å². The van der Waals surface area contributed by atoms with Crippen LogP contribution >= 0.6 is 0 Å². The van der Waals surface area contributed by atoms with Gasteiger partial charge in [-0.2, -0.15) is 0 Å². The molecule has 0 aliphatic carbocycles. The molecule has 162 valence electrons. The molecule has 2 saturated heterocycles. The van der Waals surface area contributed by atoms with Crippen molar-refractivity contribution in [2.75, 3.05) is 6.61 Å². The lowest BCUT2D eigenvalue weighted by Gasteiger charge is -2.46.